The van der Waals surface area contributed by atoms with E-state index < -0.39 is 11.7 Å². The number of pyridine rings is 1. The summed E-state index contributed by atoms with van der Waals surface area (Å²) in [5.41, 5.74) is -0.964. The van der Waals surface area contributed by atoms with Crippen LogP contribution in [0.5, 0.6) is 0 Å². The fourth-order valence-corrected chi connectivity index (χ4v) is 1.58. The van der Waals surface area contributed by atoms with Gasteiger partial charge in [-0.3, -0.25) is 4.98 Å². The molecule has 0 aliphatic rings. The molecule has 0 aliphatic carbocycles. The molecule has 13 heavy (non-hydrogen) atoms. The van der Waals surface area contributed by atoms with Crippen molar-refractivity contribution in [1.29, 1.82) is 0 Å². The predicted octanol–water partition coefficient (Wildman–Crippen LogP) is 3.65. The minimum absolute atomic E-state index is 0.0302. The largest absolute Gasteiger partial charge is 0.419 e. The maximum atomic E-state index is 12.4. The van der Waals surface area contributed by atoms with Gasteiger partial charge in [0.1, 0.15) is 0 Å². The molecule has 1 nitrogen and oxygen atoms in total. The molecule has 1 aromatic heterocycles. The second-order valence-electron chi connectivity index (χ2n) is 2.25. The summed E-state index contributed by atoms with van der Waals surface area (Å²) in [7, 11) is 0. The third-order valence-corrected chi connectivity index (χ3v) is 2.23. The quantitative estimate of drug-likeness (QED) is 0.712. The van der Waals surface area contributed by atoms with Crippen LogP contribution in [0.15, 0.2) is 12.3 Å². The molecular weight excluding hydrogens is 270 g/mol. The standard InChI is InChI=1S/C7H4BrClF3N/c8-3-5-6(7(10,11)12)4(9)1-2-13-5/h1-2H,3H2. The van der Waals surface area contributed by atoms with Gasteiger partial charge in [0.05, 0.1) is 16.3 Å². The van der Waals surface area contributed by atoms with Gasteiger partial charge in [-0.1, -0.05) is 27.5 Å². The molecule has 0 unspecified atom stereocenters. The molecular formula is C7H4BrClF3N. The van der Waals surface area contributed by atoms with E-state index in [-0.39, 0.29) is 16.0 Å². The molecule has 1 rings (SSSR count). The number of alkyl halides is 4. The average molecular weight is 274 g/mol. The first-order valence-corrected chi connectivity index (χ1v) is 4.73. The van der Waals surface area contributed by atoms with Crippen molar-refractivity contribution in [2.24, 2.45) is 0 Å². The Labute approximate surface area is 86.0 Å². The van der Waals surface area contributed by atoms with Crippen LogP contribution in [0, 0.1) is 0 Å². The number of halogens is 5. The zero-order chi connectivity index (χ0) is 10.1. The van der Waals surface area contributed by atoms with Crippen LogP contribution in [-0.4, -0.2) is 4.98 Å². The molecule has 0 bridgehead atoms. The van der Waals surface area contributed by atoms with Crippen molar-refractivity contribution >= 4 is 27.5 Å². The Morgan fingerprint density at radius 3 is 2.46 bits per heavy atom. The van der Waals surface area contributed by atoms with Crippen LogP contribution in [0.25, 0.3) is 0 Å². The molecule has 0 atom stereocenters. The number of nitrogens with zero attached hydrogens (tertiary/aromatic N) is 1. The van der Waals surface area contributed by atoms with Crippen molar-refractivity contribution < 1.29 is 13.2 Å². The van der Waals surface area contributed by atoms with E-state index in [0.29, 0.717) is 0 Å². The van der Waals surface area contributed by atoms with E-state index in [2.05, 4.69) is 20.9 Å². The molecule has 72 valence electrons. The molecule has 0 radical (unpaired) electrons. The third-order valence-electron chi connectivity index (χ3n) is 1.39. The van der Waals surface area contributed by atoms with Crippen molar-refractivity contribution in [3.8, 4) is 0 Å². The van der Waals surface area contributed by atoms with Crippen molar-refractivity contribution in [1.82, 2.24) is 4.98 Å². The second-order valence-corrected chi connectivity index (χ2v) is 3.21. The number of rotatable bonds is 1. The van der Waals surface area contributed by atoms with Gasteiger partial charge in [-0.2, -0.15) is 13.2 Å². The molecule has 6 heteroatoms. The SMILES string of the molecule is FC(F)(F)c1c(Cl)ccnc1CBr. The summed E-state index contributed by atoms with van der Waals surface area (Å²) in [6.45, 7) is 0. The van der Waals surface area contributed by atoms with Crippen LogP contribution in [-0.2, 0) is 11.5 Å². The van der Waals surface area contributed by atoms with Gasteiger partial charge in [-0.15, -0.1) is 0 Å². The minimum Gasteiger partial charge on any atom is -0.260 e. The van der Waals surface area contributed by atoms with Gasteiger partial charge in [0.25, 0.3) is 0 Å². The van der Waals surface area contributed by atoms with E-state index in [1.807, 2.05) is 0 Å². The normalized spacial score (nSPS) is 11.8. The Morgan fingerprint density at radius 1 is 1.46 bits per heavy atom. The second kappa shape index (κ2) is 3.84. The van der Waals surface area contributed by atoms with Crippen LogP contribution in [0.3, 0.4) is 0 Å². The monoisotopic (exact) mass is 273 g/mol. The van der Waals surface area contributed by atoms with Gasteiger partial charge in [0.15, 0.2) is 0 Å². The molecule has 0 aromatic carbocycles. The fraction of sp³-hybridized carbons (Fsp3) is 0.286. The summed E-state index contributed by atoms with van der Waals surface area (Å²) in [6.07, 6.45) is -3.21. The Bertz CT molecular complexity index is 313. The molecule has 0 spiro atoms. The van der Waals surface area contributed by atoms with E-state index >= 15 is 0 Å². The molecule has 0 fully saturated rings. The van der Waals surface area contributed by atoms with Crippen LogP contribution >= 0.6 is 27.5 Å². The van der Waals surface area contributed by atoms with E-state index in [0.717, 1.165) is 6.07 Å². The van der Waals surface area contributed by atoms with E-state index in [1.54, 1.807) is 0 Å². The highest BCUT2D eigenvalue weighted by Gasteiger charge is 2.36. The van der Waals surface area contributed by atoms with E-state index in [9.17, 15) is 13.2 Å². The number of hydrogen-bond acceptors (Lipinski definition) is 1. The molecule has 0 saturated carbocycles. The highest BCUT2D eigenvalue weighted by Crippen LogP contribution is 2.36. The molecule has 0 amide bonds. The summed E-state index contributed by atoms with van der Waals surface area (Å²) in [5.74, 6) is 0. The summed E-state index contributed by atoms with van der Waals surface area (Å²) >= 11 is 8.33. The average Bonchev–Trinajstić information content (AvgIpc) is 2.01. The highest BCUT2D eigenvalue weighted by molar-refractivity contribution is 9.08. The van der Waals surface area contributed by atoms with Crippen molar-refractivity contribution in [2.45, 2.75) is 11.5 Å². The minimum atomic E-state index is -4.45. The molecule has 0 N–H and O–H groups in total. The van der Waals surface area contributed by atoms with Gasteiger partial charge in [0, 0.05) is 11.5 Å². The smallest absolute Gasteiger partial charge is 0.260 e. The van der Waals surface area contributed by atoms with Crippen molar-refractivity contribution in [2.75, 3.05) is 0 Å². The Morgan fingerprint density at radius 2 is 2.08 bits per heavy atom. The van der Waals surface area contributed by atoms with Gasteiger partial charge in [-0.05, 0) is 6.07 Å². The van der Waals surface area contributed by atoms with Gasteiger partial charge >= 0.3 is 6.18 Å². The summed E-state index contributed by atoms with van der Waals surface area (Å²) < 4.78 is 37.1. The molecule has 0 aliphatic heterocycles. The van der Waals surface area contributed by atoms with Crippen LogP contribution in [0.2, 0.25) is 5.02 Å². The Balaban J connectivity index is 3.32. The summed E-state index contributed by atoms with van der Waals surface area (Å²) in [5, 5.41) is -0.292. The van der Waals surface area contributed by atoms with Gasteiger partial charge < -0.3 is 0 Å². The topological polar surface area (TPSA) is 12.9 Å². The van der Waals surface area contributed by atoms with Gasteiger partial charge in [0.2, 0.25) is 0 Å². The number of hydrogen-bond donors (Lipinski definition) is 0. The molecule has 1 heterocycles. The highest BCUT2D eigenvalue weighted by atomic mass is 79.9. The summed E-state index contributed by atoms with van der Waals surface area (Å²) in [6, 6.07) is 1.12. The van der Waals surface area contributed by atoms with Crippen LogP contribution in [0.4, 0.5) is 13.2 Å². The zero-order valence-electron chi connectivity index (χ0n) is 6.20. The van der Waals surface area contributed by atoms with E-state index in [4.69, 9.17) is 11.6 Å². The fourth-order valence-electron chi connectivity index (χ4n) is 0.879. The van der Waals surface area contributed by atoms with Gasteiger partial charge in [-0.25, -0.2) is 0 Å². The maximum absolute atomic E-state index is 12.4. The first-order valence-electron chi connectivity index (χ1n) is 3.23. The van der Waals surface area contributed by atoms with E-state index in [1.165, 1.54) is 6.20 Å². The Kier molecular flexibility index (Phi) is 3.18. The zero-order valence-corrected chi connectivity index (χ0v) is 8.54. The first-order chi connectivity index (χ1) is 5.96. The van der Waals surface area contributed by atoms with Crippen LogP contribution in [0.1, 0.15) is 11.3 Å². The lowest BCUT2D eigenvalue weighted by atomic mass is 10.2. The van der Waals surface area contributed by atoms with Crippen LogP contribution < -0.4 is 0 Å². The van der Waals surface area contributed by atoms with Crippen molar-refractivity contribution in [3.05, 3.63) is 28.5 Å². The third kappa shape index (κ3) is 2.34. The lowest BCUT2D eigenvalue weighted by Gasteiger charge is -2.11. The molecule has 1 aromatic rings. The molecule has 0 saturated heterocycles. The first kappa shape index (κ1) is 10.8. The maximum Gasteiger partial charge on any atom is 0.419 e. The summed E-state index contributed by atoms with van der Waals surface area (Å²) in [4.78, 5) is 3.57. The number of aromatic nitrogens is 1. The predicted molar refractivity (Wildman–Crippen MR) is 46.9 cm³/mol. The lowest BCUT2D eigenvalue weighted by molar-refractivity contribution is -0.138. The Hall–Kier alpha value is -0.290. The van der Waals surface area contributed by atoms with Crippen molar-refractivity contribution in [3.63, 3.8) is 0 Å². The lowest BCUT2D eigenvalue weighted by Crippen LogP contribution is -2.10.